The van der Waals surface area contributed by atoms with E-state index in [-0.39, 0.29) is 0 Å². The highest BCUT2D eigenvalue weighted by Crippen LogP contribution is 2.29. The molecule has 0 unspecified atom stereocenters. The summed E-state index contributed by atoms with van der Waals surface area (Å²) in [5.41, 5.74) is 2.03. The number of hydrogen-bond donors (Lipinski definition) is 0. The van der Waals surface area contributed by atoms with Crippen LogP contribution < -0.4 is 0 Å². The molecule has 2 bridgehead atoms. The van der Waals surface area contributed by atoms with Crippen molar-refractivity contribution < 1.29 is 4.79 Å². The van der Waals surface area contributed by atoms with Gasteiger partial charge in [0, 0.05) is 0 Å². The summed E-state index contributed by atoms with van der Waals surface area (Å²) in [5, 5.41) is 0. The number of carbonyl (C=O) groups excluding carboxylic acids is 1. The molecule has 0 radical (unpaired) electrons. The topological polar surface area (TPSA) is 17.1 Å². The van der Waals surface area contributed by atoms with Crippen molar-refractivity contribution in [3.05, 3.63) is 23.3 Å². The highest BCUT2D eigenvalue weighted by atomic mass is 16.1. The van der Waals surface area contributed by atoms with Crippen molar-refractivity contribution in [3.63, 3.8) is 0 Å². The summed E-state index contributed by atoms with van der Waals surface area (Å²) in [5.74, 6) is 0.296. The minimum Gasteiger partial charge on any atom is -0.289 e. The molecule has 8 heavy (non-hydrogen) atoms. The van der Waals surface area contributed by atoms with Crippen molar-refractivity contribution >= 4 is 5.78 Å². The van der Waals surface area contributed by atoms with Gasteiger partial charge in [0.25, 0.3) is 0 Å². The molecule has 0 aromatic carbocycles. The number of fused-ring (bicyclic) bond motifs is 2. The van der Waals surface area contributed by atoms with Gasteiger partial charge in [-0.25, -0.2) is 0 Å². The van der Waals surface area contributed by atoms with Gasteiger partial charge in [0.2, 0.25) is 0 Å². The Hall–Kier alpha value is -0.850. The van der Waals surface area contributed by atoms with Gasteiger partial charge in [-0.05, 0) is 24.0 Å². The van der Waals surface area contributed by atoms with Gasteiger partial charge in [0.15, 0.2) is 5.78 Å². The molecule has 0 aromatic heterocycles. The van der Waals surface area contributed by atoms with E-state index in [0.717, 1.165) is 24.0 Å². The van der Waals surface area contributed by atoms with Crippen LogP contribution in [0.15, 0.2) is 23.3 Å². The lowest BCUT2D eigenvalue weighted by Crippen LogP contribution is -1.88. The molecule has 0 heterocycles. The van der Waals surface area contributed by atoms with E-state index in [0.29, 0.717) is 5.78 Å². The summed E-state index contributed by atoms with van der Waals surface area (Å²) >= 11 is 0. The first-order valence-electron chi connectivity index (χ1n) is 2.81. The molecule has 0 N–H and O–H groups in total. The van der Waals surface area contributed by atoms with Crippen molar-refractivity contribution in [2.24, 2.45) is 0 Å². The molecule has 0 spiro atoms. The maximum Gasteiger partial charge on any atom is 0.185 e. The van der Waals surface area contributed by atoms with Crippen LogP contribution >= 0.6 is 0 Å². The van der Waals surface area contributed by atoms with E-state index in [2.05, 4.69) is 0 Å². The summed E-state index contributed by atoms with van der Waals surface area (Å²) in [7, 11) is 0. The van der Waals surface area contributed by atoms with E-state index in [9.17, 15) is 4.79 Å². The second-order valence-corrected chi connectivity index (χ2v) is 2.20. The van der Waals surface area contributed by atoms with Gasteiger partial charge in [-0.3, -0.25) is 4.79 Å². The molecule has 1 heteroatoms. The van der Waals surface area contributed by atoms with Gasteiger partial charge < -0.3 is 0 Å². The Labute approximate surface area is 47.7 Å². The first-order valence-corrected chi connectivity index (χ1v) is 2.81. The molecule has 0 atom stereocenters. The molecule has 2 aliphatic carbocycles. The third-order valence-corrected chi connectivity index (χ3v) is 1.72. The Bertz CT molecular complexity index is 186. The van der Waals surface area contributed by atoms with Crippen LogP contribution in [-0.4, -0.2) is 5.78 Å². The SMILES string of the molecule is O=C1C2=CCC1=CC2. The summed E-state index contributed by atoms with van der Waals surface area (Å²) in [6.07, 6.45) is 5.84. The van der Waals surface area contributed by atoms with Crippen LogP contribution in [0.3, 0.4) is 0 Å². The average molecular weight is 106 g/mol. The molecule has 0 saturated heterocycles. The predicted molar refractivity (Wildman–Crippen MR) is 30.4 cm³/mol. The van der Waals surface area contributed by atoms with Crippen molar-refractivity contribution in [1.82, 2.24) is 0 Å². The van der Waals surface area contributed by atoms with Crippen LogP contribution in [0.25, 0.3) is 0 Å². The maximum atomic E-state index is 10.8. The number of ketones is 1. The molecule has 0 fully saturated rings. The van der Waals surface area contributed by atoms with Crippen LogP contribution in [0.2, 0.25) is 0 Å². The third kappa shape index (κ3) is 0.302. The first kappa shape index (κ1) is 4.07. The summed E-state index contributed by atoms with van der Waals surface area (Å²) in [6.45, 7) is 0. The lowest BCUT2D eigenvalue weighted by Gasteiger charge is -1.84. The number of carbonyl (C=O) groups is 1. The zero-order valence-corrected chi connectivity index (χ0v) is 4.48. The van der Waals surface area contributed by atoms with Crippen molar-refractivity contribution in [3.8, 4) is 0 Å². The molecule has 0 aromatic rings. The molecule has 1 nitrogen and oxygen atoms in total. The molecular formula is C7H6O. The van der Waals surface area contributed by atoms with Gasteiger partial charge in [0.1, 0.15) is 0 Å². The molecule has 0 amide bonds. The molecule has 0 saturated carbocycles. The van der Waals surface area contributed by atoms with E-state index in [1.807, 2.05) is 12.2 Å². The predicted octanol–water partition coefficient (Wildman–Crippen LogP) is 1.22. The fraction of sp³-hybridized carbons (Fsp3) is 0.286. The van der Waals surface area contributed by atoms with E-state index in [4.69, 9.17) is 0 Å². The molecule has 2 aliphatic rings. The van der Waals surface area contributed by atoms with Crippen LogP contribution in [0.4, 0.5) is 0 Å². The van der Waals surface area contributed by atoms with Gasteiger partial charge in [-0.1, -0.05) is 12.2 Å². The van der Waals surface area contributed by atoms with Gasteiger partial charge in [-0.2, -0.15) is 0 Å². The fourth-order valence-corrected chi connectivity index (χ4v) is 1.21. The van der Waals surface area contributed by atoms with Crippen LogP contribution in [0.1, 0.15) is 12.8 Å². The van der Waals surface area contributed by atoms with Crippen molar-refractivity contribution in [2.75, 3.05) is 0 Å². The summed E-state index contributed by atoms with van der Waals surface area (Å²) in [4.78, 5) is 10.8. The van der Waals surface area contributed by atoms with Gasteiger partial charge in [0.05, 0.1) is 0 Å². The Morgan fingerprint density at radius 2 is 1.62 bits per heavy atom. The second kappa shape index (κ2) is 1.10. The minimum absolute atomic E-state index is 0.296. The largest absolute Gasteiger partial charge is 0.289 e. The van der Waals surface area contributed by atoms with E-state index in [1.165, 1.54) is 0 Å². The van der Waals surface area contributed by atoms with Gasteiger partial charge >= 0.3 is 0 Å². The Morgan fingerprint density at radius 3 is 1.75 bits per heavy atom. The zero-order chi connectivity index (χ0) is 5.56. The highest BCUT2D eigenvalue weighted by molar-refractivity contribution is 6.13. The standard InChI is InChI=1S/C7H6O/c8-7-5-1-2-6(7)4-3-5/h1,4H,2-3H2. The quantitative estimate of drug-likeness (QED) is 0.453. The first-order chi connectivity index (χ1) is 3.88. The average Bonchev–Trinajstić information content (AvgIpc) is 2.29. The lowest BCUT2D eigenvalue weighted by atomic mass is 10.2. The normalized spacial score (nSPS) is 23.8. The van der Waals surface area contributed by atoms with Crippen LogP contribution in [0.5, 0.6) is 0 Å². The summed E-state index contributed by atoms with van der Waals surface area (Å²) in [6, 6.07) is 0. The molecule has 40 valence electrons. The number of hydrogen-bond acceptors (Lipinski definition) is 1. The van der Waals surface area contributed by atoms with Crippen molar-refractivity contribution in [1.29, 1.82) is 0 Å². The highest BCUT2D eigenvalue weighted by Gasteiger charge is 2.24. The lowest BCUT2D eigenvalue weighted by molar-refractivity contribution is -0.111. The van der Waals surface area contributed by atoms with E-state index in [1.54, 1.807) is 0 Å². The second-order valence-electron chi connectivity index (χ2n) is 2.20. The Kier molecular flexibility index (Phi) is 0.562. The van der Waals surface area contributed by atoms with Crippen LogP contribution in [-0.2, 0) is 4.79 Å². The third-order valence-electron chi connectivity index (χ3n) is 1.72. The summed E-state index contributed by atoms with van der Waals surface area (Å²) < 4.78 is 0. The number of allylic oxidation sites excluding steroid dienone is 4. The fourth-order valence-electron chi connectivity index (χ4n) is 1.21. The monoisotopic (exact) mass is 106 g/mol. The van der Waals surface area contributed by atoms with Crippen molar-refractivity contribution in [2.45, 2.75) is 12.8 Å². The molecular weight excluding hydrogens is 100 g/mol. The van der Waals surface area contributed by atoms with Gasteiger partial charge in [-0.15, -0.1) is 0 Å². The Morgan fingerprint density at radius 1 is 1.12 bits per heavy atom. The minimum atomic E-state index is 0.296. The maximum absolute atomic E-state index is 10.8. The zero-order valence-electron chi connectivity index (χ0n) is 4.48. The Balaban J connectivity index is 2.58. The number of Topliss-reactive ketones (excluding diaryl/α,β-unsaturated/α-hetero) is 1. The van der Waals surface area contributed by atoms with E-state index < -0.39 is 0 Å². The number of rotatable bonds is 0. The van der Waals surface area contributed by atoms with Crippen LogP contribution in [0, 0.1) is 0 Å². The van der Waals surface area contributed by atoms with E-state index >= 15 is 0 Å². The molecule has 0 aliphatic heterocycles. The smallest absolute Gasteiger partial charge is 0.185 e. The molecule has 2 rings (SSSR count).